The van der Waals surface area contributed by atoms with E-state index in [-0.39, 0.29) is 6.04 Å². The van der Waals surface area contributed by atoms with Crippen molar-refractivity contribution < 1.29 is 0 Å². The summed E-state index contributed by atoms with van der Waals surface area (Å²) >= 11 is 7.77. The molecule has 1 heterocycles. The third-order valence-electron chi connectivity index (χ3n) is 3.22. The highest BCUT2D eigenvalue weighted by Crippen LogP contribution is 2.27. The van der Waals surface area contributed by atoms with E-state index < -0.39 is 0 Å². The molecule has 0 aliphatic heterocycles. The van der Waals surface area contributed by atoms with Gasteiger partial charge >= 0.3 is 0 Å². The van der Waals surface area contributed by atoms with Crippen LogP contribution in [-0.2, 0) is 12.8 Å². The van der Waals surface area contributed by atoms with Gasteiger partial charge in [-0.3, -0.25) is 0 Å². The van der Waals surface area contributed by atoms with Crippen LogP contribution < -0.4 is 5.32 Å². The van der Waals surface area contributed by atoms with Crippen LogP contribution in [0, 0.1) is 0 Å². The summed E-state index contributed by atoms with van der Waals surface area (Å²) in [5.74, 6) is 0. The van der Waals surface area contributed by atoms with Crippen molar-refractivity contribution in [3.05, 3.63) is 45.4 Å². The Bertz CT molecular complexity index is 541. The molecule has 3 nitrogen and oxygen atoms in total. The molecule has 0 fully saturated rings. The Morgan fingerprint density at radius 3 is 2.80 bits per heavy atom. The summed E-state index contributed by atoms with van der Waals surface area (Å²) in [7, 11) is 0. The van der Waals surface area contributed by atoms with Crippen molar-refractivity contribution in [1.82, 2.24) is 14.9 Å². The van der Waals surface area contributed by atoms with E-state index in [9.17, 15) is 0 Å². The van der Waals surface area contributed by atoms with E-state index in [1.54, 1.807) is 0 Å². The smallest absolute Gasteiger partial charge is 0.0803 e. The van der Waals surface area contributed by atoms with Crippen LogP contribution in [0.4, 0.5) is 0 Å². The number of hydrogen-bond acceptors (Lipinski definition) is 4. The van der Waals surface area contributed by atoms with E-state index >= 15 is 0 Å². The molecular weight excluding hydrogens is 290 g/mol. The van der Waals surface area contributed by atoms with Crippen molar-refractivity contribution in [3.8, 4) is 0 Å². The third kappa shape index (κ3) is 3.78. The van der Waals surface area contributed by atoms with Gasteiger partial charge in [0.2, 0.25) is 0 Å². The molecule has 2 aromatic rings. The zero-order chi connectivity index (χ0) is 14.4. The average molecular weight is 310 g/mol. The Hall–Kier alpha value is -0.970. The number of hydrogen-bond donors (Lipinski definition) is 1. The maximum atomic E-state index is 6.28. The van der Waals surface area contributed by atoms with Crippen molar-refractivity contribution in [2.75, 3.05) is 6.54 Å². The van der Waals surface area contributed by atoms with Gasteiger partial charge in [-0.15, -0.1) is 5.10 Å². The predicted molar refractivity (Wildman–Crippen MR) is 85.5 cm³/mol. The first kappa shape index (κ1) is 15.4. The number of benzene rings is 1. The second kappa shape index (κ2) is 7.72. The molecule has 0 aliphatic carbocycles. The lowest BCUT2D eigenvalue weighted by Crippen LogP contribution is -2.23. The van der Waals surface area contributed by atoms with Gasteiger partial charge in [-0.05, 0) is 42.5 Å². The van der Waals surface area contributed by atoms with Crippen molar-refractivity contribution in [2.45, 2.75) is 39.2 Å². The summed E-state index contributed by atoms with van der Waals surface area (Å²) in [6.07, 6.45) is 2.94. The number of rotatable bonds is 7. The Kier molecular flexibility index (Phi) is 5.95. The number of nitrogens with one attached hydrogen (secondary N) is 1. The number of likely N-dealkylation sites (N-methyl/N-ethyl adjacent to an activating group) is 1. The second-order valence-corrected chi connectivity index (χ2v) is 5.93. The fourth-order valence-corrected chi connectivity index (χ4v) is 3.26. The number of aromatic nitrogens is 2. The molecule has 108 valence electrons. The van der Waals surface area contributed by atoms with Gasteiger partial charge in [0.25, 0.3) is 0 Å². The molecule has 0 saturated carbocycles. The van der Waals surface area contributed by atoms with E-state index in [1.165, 1.54) is 16.4 Å². The monoisotopic (exact) mass is 309 g/mol. The fraction of sp³-hybridized carbons (Fsp3) is 0.467. The Morgan fingerprint density at radius 1 is 1.30 bits per heavy atom. The maximum absolute atomic E-state index is 6.28. The van der Waals surface area contributed by atoms with Crippen LogP contribution in [0.2, 0.25) is 5.02 Å². The molecule has 2 rings (SSSR count). The zero-order valence-electron chi connectivity index (χ0n) is 11.9. The van der Waals surface area contributed by atoms with Crippen LogP contribution in [0.3, 0.4) is 0 Å². The largest absolute Gasteiger partial charge is 0.309 e. The first-order valence-electron chi connectivity index (χ1n) is 7.04. The van der Waals surface area contributed by atoms with E-state index in [0.29, 0.717) is 0 Å². The lowest BCUT2D eigenvalue weighted by atomic mass is 10.0. The van der Waals surface area contributed by atoms with Crippen LogP contribution in [-0.4, -0.2) is 16.1 Å². The molecule has 20 heavy (non-hydrogen) atoms. The first-order valence-corrected chi connectivity index (χ1v) is 8.19. The van der Waals surface area contributed by atoms with E-state index in [2.05, 4.69) is 34.8 Å². The molecule has 0 amide bonds. The van der Waals surface area contributed by atoms with Crippen LogP contribution in [0.5, 0.6) is 0 Å². The minimum Gasteiger partial charge on any atom is -0.309 e. The Morgan fingerprint density at radius 2 is 2.10 bits per heavy atom. The van der Waals surface area contributed by atoms with Gasteiger partial charge in [0.05, 0.1) is 10.6 Å². The molecule has 1 atom stereocenters. The zero-order valence-corrected chi connectivity index (χ0v) is 13.5. The molecule has 0 aliphatic rings. The van der Waals surface area contributed by atoms with Crippen LogP contribution >= 0.6 is 23.1 Å². The number of nitrogens with zero attached hydrogens (tertiary/aromatic N) is 2. The summed E-state index contributed by atoms with van der Waals surface area (Å²) in [6, 6.07) is 8.26. The summed E-state index contributed by atoms with van der Waals surface area (Å²) in [5.41, 5.74) is 2.28. The molecule has 0 spiro atoms. The predicted octanol–water partition coefficient (Wildman–Crippen LogP) is 4.04. The Balaban J connectivity index is 2.22. The molecule has 1 unspecified atom stereocenters. The van der Waals surface area contributed by atoms with E-state index in [0.717, 1.165) is 42.1 Å². The lowest BCUT2D eigenvalue weighted by molar-refractivity contribution is 0.552. The van der Waals surface area contributed by atoms with Crippen LogP contribution in [0.1, 0.15) is 42.4 Å². The molecule has 0 radical (unpaired) electrons. The maximum Gasteiger partial charge on any atom is 0.0803 e. The SMILES string of the molecule is CCCc1nnsc1C(Cc1ccccc1Cl)NCC. The van der Waals surface area contributed by atoms with Gasteiger partial charge in [-0.2, -0.15) is 0 Å². The van der Waals surface area contributed by atoms with E-state index in [1.807, 2.05) is 18.2 Å². The quantitative estimate of drug-likeness (QED) is 0.839. The summed E-state index contributed by atoms with van der Waals surface area (Å²) in [6.45, 7) is 5.20. The van der Waals surface area contributed by atoms with Gasteiger partial charge < -0.3 is 5.32 Å². The molecule has 1 N–H and O–H groups in total. The number of aryl methyl sites for hydroxylation is 1. The topological polar surface area (TPSA) is 37.8 Å². The minimum absolute atomic E-state index is 0.237. The summed E-state index contributed by atoms with van der Waals surface area (Å²) in [5, 5.41) is 8.62. The minimum atomic E-state index is 0.237. The van der Waals surface area contributed by atoms with Crippen LogP contribution in [0.15, 0.2) is 24.3 Å². The van der Waals surface area contributed by atoms with Crippen molar-refractivity contribution >= 4 is 23.1 Å². The van der Waals surface area contributed by atoms with Gasteiger partial charge in [0.1, 0.15) is 0 Å². The van der Waals surface area contributed by atoms with Gasteiger partial charge in [0, 0.05) is 11.1 Å². The highest BCUT2D eigenvalue weighted by Gasteiger charge is 2.19. The first-order chi connectivity index (χ1) is 9.76. The molecule has 0 saturated heterocycles. The molecule has 1 aromatic carbocycles. The molecule has 0 bridgehead atoms. The highest BCUT2D eigenvalue weighted by atomic mass is 35.5. The highest BCUT2D eigenvalue weighted by molar-refractivity contribution is 7.05. The van der Waals surface area contributed by atoms with Gasteiger partial charge in [-0.25, -0.2) is 0 Å². The lowest BCUT2D eigenvalue weighted by Gasteiger charge is -2.18. The summed E-state index contributed by atoms with van der Waals surface area (Å²) < 4.78 is 4.13. The van der Waals surface area contributed by atoms with Crippen molar-refractivity contribution in [2.24, 2.45) is 0 Å². The van der Waals surface area contributed by atoms with E-state index in [4.69, 9.17) is 11.6 Å². The summed E-state index contributed by atoms with van der Waals surface area (Å²) in [4.78, 5) is 1.24. The second-order valence-electron chi connectivity index (χ2n) is 4.74. The third-order valence-corrected chi connectivity index (χ3v) is 4.47. The van der Waals surface area contributed by atoms with Crippen molar-refractivity contribution in [1.29, 1.82) is 0 Å². The fourth-order valence-electron chi connectivity index (χ4n) is 2.28. The standard InChI is InChI=1S/C15H20ClN3S/c1-3-7-13-15(20-19-18-13)14(17-4-2)10-11-8-5-6-9-12(11)16/h5-6,8-9,14,17H,3-4,7,10H2,1-2H3. The van der Waals surface area contributed by atoms with Gasteiger partial charge in [0.15, 0.2) is 0 Å². The van der Waals surface area contributed by atoms with Crippen molar-refractivity contribution in [3.63, 3.8) is 0 Å². The Labute approximate surface area is 129 Å². The average Bonchev–Trinajstić information content (AvgIpc) is 2.89. The number of halogens is 1. The van der Waals surface area contributed by atoms with Gasteiger partial charge in [-0.1, -0.05) is 54.6 Å². The molecular formula is C15H20ClN3S. The molecule has 1 aromatic heterocycles. The normalized spacial score (nSPS) is 12.6. The van der Waals surface area contributed by atoms with Crippen LogP contribution in [0.25, 0.3) is 0 Å². The molecule has 5 heteroatoms.